The molecule has 1 aromatic carbocycles. The van der Waals surface area contributed by atoms with Gasteiger partial charge in [0.25, 0.3) is 0 Å². The molecule has 1 aromatic rings. The first-order chi connectivity index (χ1) is 5.72. The first-order valence-electron chi connectivity index (χ1n) is 3.75. The minimum Gasteiger partial charge on any atom is -0.488 e. The van der Waals surface area contributed by atoms with Crippen molar-refractivity contribution in [3.63, 3.8) is 0 Å². The molecule has 0 spiro atoms. The molecule has 0 radical (unpaired) electrons. The van der Waals surface area contributed by atoms with Gasteiger partial charge in [-0.1, -0.05) is 0 Å². The van der Waals surface area contributed by atoms with Crippen molar-refractivity contribution >= 4 is 22.6 Å². The molecule has 3 heteroatoms. The predicted octanol–water partition coefficient (Wildman–Crippen LogP) is 2.05. The number of hydrogen-bond acceptors (Lipinski definition) is 2. The van der Waals surface area contributed by atoms with Crippen molar-refractivity contribution in [3.8, 4) is 5.75 Å². The molecule has 0 fully saturated rings. The van der Waals surface area contributed by atoms with Gasteiger partial charge in [0.1, 0.15) is 11.9 Å². The fourth-order valence-electron chi connectivity index (χ4n) is 0.783. The van der Waals surface area contributed by atoms with Crippen LogP contribution in [0.4, 0.5) is 0 Å². The average molecular weight is 278 g/mol. The van der Waals surface area contributed by atoms with Gasteiger partial charge in [0.15, 0.2) is 0 Å². The van der Waals surface area contributed by atoms with Crippen LogP contribution in [-0.4, -0.2) is 17.8 Å². The van der Waals surface area contributed by atoms with Gasteiger partial charge in [-0.25, -0.2) is 0 Å². The van der Waals surface area contributed by atoms with Crippen molar-refractivity contribution in [3.05, 3.63) is 27.8 Å². The zero-order valence-electron chi connectivity index (χ0n) is 6.83. The summed E-state index contributed by atoms with van der Waals surface area (Å²) in [4.78, 5) is 0. The molecule has 0 saturated carbocycles. The predicted molar refractivity (Wildman–Crippen MR) is 56.3 cm³/mol. The summed E-state index contributed by atoms with van der Waals surface area (Å²) in [5, 5.41) is 8.72. The lowest BCUT2D eigenvalue weighted by molar-refractivity contribution is 0.129. The van der Waals surface area contributed by atoms with E-state index in [4.69, 9.17) is 9.84 Å². The molecule has 1 atom stereocenters. The Morgan fingerprint density at radius 3 is 2.50 bits per heavy atom. The summed E-state index contributed by atoms with van der Waals surface area (Å²) in [7, 11) is 0. The van der Waals surface area contributed by atoms with Crippen LogP contribution >= 0.6 is 22.6 Å². The Morgan fingerprint density at radius 1 is 1.42 bits per heavy atom. The van der Waals surface area contributed by atoms with Gasteiger partial charge in [-0.3, -0.25) is 0 Å². The number of benzene rings is 1. The van der Waals surface area contributed by atoms with Gasteiger partial charge in [0.05, 0.1) is 6.61 Å². The molecule has 2 nitrogen and oxygen atoms in total. The Balaban J connectivity index is 2.58. The molecule has 0 aromatic heterocycles. The first-order valence-corrected chi connectivity index (χ1v) is 4.83. The third-order valence-electron chi connectivity index (χ3n) is 1.41. The zero-order valence-corrected chi connectivity index (χ0v) is 8.98. The molecular formula is C9H11IO2. The number of aliphatic hydroxyl groups is 1. The topological polar surface area (TPSA) is 29.5 Å². The molecule has 12 heavy (non-hydrogen) atoms. The molecule has 0 aliphatic heterocycles. The molecule has 0 bridgehead atoms. The van der Waals surface area contributed by atoms with E-state index < -0.39 is 0 Å². The SMILES string of the molecule is CC(CO)Oc1ccc(I)cc1. The molecule has 0 heterocycles. The fraction of sp³-hybridized carbons (Fsp3) is 0.333. The van der Waals surface area contributed by atoms with Crippen LogP contribution in [0.15, 0.2) is 24.3 Å². The monoisotopic (exact) mass is 278 g/mol. The van der Waals surface area contributed by atoms with Gasteiger partial charge < -0.3 is 9.84 Å². The molecule has 0 aliphatic rings. The van der Waals surface area contributed by atoms with Crippen LogP contribution in [0.25, 0.3) is 0 Å². The van der Waals surface area contributed by atoms with E-state index in [1.807, 2.05) is 31.2 Å². The minimum absolute atomic E-state index is 0.0476. The highest BCUT2D eigenvalue weighted by atomic mass is 127. The van der Waals surface area contributed by atoms with Gasteiger partial charge in [0.2, 0.25) is 0 Å². The van der Waals surface area contributed by atoms with E-state index in [0.717, 1.165) is 5.75 Å². The van der Waals surface area contributed by atoms with Crippen LogP contribution in [0.5, 0.6) is 5.75 Å². The van der Waals surface area contributed by atoms with Crippen molar-refractivity contribution in [1.82, 2.24) is 0 Å². The molecule has 1 unspecified atom stereocenters. The molecule has 1 rings (SSSR count). The van der Waals surface area contributed by atoms with Crippen molar-refractivity contribution in [2.75, 3.05) is 6.61 Å². The van der Waals surface area contributed by atoms with Gasteiger partial charge in [-0.2, -0.15) is 0 Å². The van der Waals surface area contributed by atoms with Crippen LogP contribution in [0.1, 0.15) is 6.92 Å². The largest absolute Gasteiger partial charge is 0.488 e. The van der Waals surface area contributed by atoms with E-state index >= 15 is 0 Å². The summed E-state index contributed by atoms with van der Waals surface area (Å²) in [6.45, 7) is 1.88. The molecule has 0 saturated heterocycles. The van der Waals surface area contributed by atoms with Crippen LogP contribution in [0.2, 0.25) is 0 Å². The van der Waals surface area contributed by atoms with E-state index in [9.17, 15) is 0 Å². The summed E-state index contributed by atoms with van der Waals surface area (Å²) >= 11 is 2.23. The Bertz CT molecular complexity index is 233. The summed E-state index contributed by atoms with van der Waals surface area (Å²) in [6, 6.07) is 7.74. The van der Waals surface area contributed by atoms with Crippen molar-refractivity contribution in [2.24, 2.45) is 0 Å². The van der Waals surface area contributed by atoms with Crippen molar-refractivity contribution in [1.29, 1.82) is 0 Å². The van der Waals surface area contributed by atoms with Gasteiger partial charge in [-0.15, -0.1) is 0 Å². The lowest BCUT2D eigenvalue weighted by Gasteiger charge is -2.11. The Morgan fingerprint density at radius 2 is 2.00 bits per heavy atom. The smallest absolute Gasteiger partial charge is 0.119 e. The van der Waals surface area contributed by atoms with Crippen LogP contribution in [-0.2, 0) is 0 Å². The number of halogens is 1. The van der Waals surface area contributed by atoms with Gasteiger partial charge in [0, 0.05) is 3.57 Å². The molecule has 0 amide bonds. The highest BCUT2D eigenvalue weighted by molar-refractivity contribution is 14.1. The zero-order chi connectivity index (χ0) is 8.97. The van der Waals surface area contributed by atoms with Gasteiger partial charge >= 0.3 is 0 Å². The quantitative estimate of drug-likeness (QED) is 0.857. The standard InChI is InChI=1S/C9H11IO2/c1-7(6-11)12-9-4-2-8(10)3-5-9/h2-5,7,11H,6H2,1H3. The maximum Gasteiger partial charge on any atom is 0.119 e. The molecule has 0 aliphatic carbocycles. The Hall–Kier alpha value is -0.290. The van der Waals surface area contributed by atoms with Crippen molar-refractivity contribution < 1.29 is 9.84 Å². The minimum atomic E-state index is -0.134. The lowest BCUT2D eigenvalue weighted by Crippen LogP contribution is -2.15. The summed E-state index contributed by atoms with van der Waals surface area (Å²) in [5.41, 5.74) is 0. The average Bonchev–Trinajstić information content (AvgIpc) is 2.09. The van der Waals surface area contributed by atoms with E-state index in [1.165, 1.54) is 3.57 Å². The highest BCUT2D eigenvalue weighted by Crippen LogP contribution is 2.14. The second-order valence-corrected chi connectivity index (χ2v) is 3.81. The summed E-state index contributed by atoms with van der Waals surface area (Å²) < 4.78 is 6.54. The molecule has 66 valence electrons. The second kappa shape index (κ2) is 4.67. The number of rotatable bonds is 3. The number of hydrogen-bond donors (Lipinski definition) is 1. The third kappa shape index (κ3) is 2.98. The normalized spacial score (nSPS) is 12.6. The summed E-state index contributed by atoms with van der Waals surface area (Å²) in [5.74, 6) is 0.803. The Labute approximate surface area is 85.7 Å². The van der Waals surface area contributed by atoms with Crippen LogP contribution in [0, 0.1) is 3.57 Å². The lowest BCUT2D eigenvalue weighted by atomic mass is 10.3. The highest BCUT2D eigenvalue weighted by Gasteiger charge is 2.00. The van der Waals surface area contributed by atoms with E-state index in [2.05, 4.69) is 22.6 Å². The first kappa shape index (κ1) is 9.80. The van der Waals surface area contributed by atoms with Crippen LogP contribution in [0.3, 0.4) is 0 Å². The van der Waals surface area contributed by atoms with E-state index in [0.29, 0.717) is 0 Å². The number of ether oxygens (including phenoxy) is 1. The maximum atomic E-state index is 8.72. The molecule has 1 N–H and O–H groups in total. The van der Waals surface area contributed by atoms with Crippen molar-refractivity contribution in [2.45, 2.75) is 13.0 Å². The Kier molecular flexibility index (Phi) is 3.81. The van der Waals surface area contributed by atoms with E-state index in [1.54, 1.807) is 0 Å². The van der Waals surface area contributed by atoms with Crippen LogP contribution < -0.4 is 4.74 Å². The van der Waals surface area contributed by atoms with Gasteiger partial charge in [-0.05, 0) is 53.8 Å². The second-order valence-electron chi connectivity index (χ2n) is 2.56. The third-order valence-corrected chi connectivity index (χ3v) is 2.13. The summed E-state index contributed by atoms with van der Waals surface area (Å²) in [6.07, 6.45) is -0.134. The van der Waals surface area contributed by atoms with E-state index in [-0.39, 0.29) is 12.7 Å². The number of aliphatic hydroxyl groups excluding tert-OH is 1. The maximum absolute atomic E-state index is 8.72. The molecular weight excluding hydrogens is 267 g/mol. The fourth-order valence-corrected chi connectivity index (χ4v) is 1.14.